The molecule has 2 aromatic rings. The maximum Gasteiger partial charge on any atom is 0.251 e. The zero-order valence-corrected chi connectivity index (χ0v) is 19.3. The van der Waals surface area contributed by atoms with Crippen LogP contribution in [-0.4, -0.2) is 56.3 Å². The highest BCUT2D eigenvalue weighted by Gasteiger charge is 2.11. The topological polar surface area (TPSA) is 97.7 Å². The maximum absolute atomic E-state index is 12.4. The fraction of sp³-hybridized carbons (Fsp3) is 0.478. The third-order valence-electron chi connectivity index (χ3n) is 5.37. The molecule has 0 radical (unpaired) electrons. The standard InChI is InChI=1S/C23H31N3O5S/c1-32(29,30)24-22(27)6-4-15-26-16-11-20(18-23(26)28)19-7-9-21(10-8-19)31-17-5-14-25-12-2-3-13-25/h7-11,16,18H,2-6,12-15,17H2,1H3,(H,24,27). The molecule has 1 aliphatic heterocycles. The van der Waals surface area contributed by atoms with Crippen molar-refractivity contribution in [2.75, 3.05) is 32.5 Å². The van der Waals surface area contributed by atoms with Crippen LogP contribution >= 0.6 is 0 Å². The molecule has 0 spiro atoms. The van der Waals surface area contributed by atoms with Crippen molar-refractivity contribution in [1.82, 2.24) is 14.2 Å². The lowest BCUT2D eigenvalue weighted by Gasteiger charge is -2.14. The van der Waals surface area contributed by atoms with Gasteiger partial charge in [0.1, 0.15) is 5.75 Å². The van der Waals surface area contributed by atoms with Crippen molar-refractivity contribution in [1.29, 1.82) is 0 Å². The van der Waals surface area contributed by atoms with Gasteiger partial charge in [0.05, 0.1) is 12.9 Å². The van der Waals surface area contributed by atoms with E-state index in [4.69, 9.17) is 4.74 Å². The second-order valence-corrected chi connectivity index (χ2v) is 9.87. The number of sulfonamides is 1. The molecule has 0 unspecified atom stereocenters. The second kappa shape index (κ2) is 11.3. The summed E-state index contributed by atoms with van der Waals surface area (Å²) in [7, 11) is -3.56. The number of rotatable bonds is 11. The number of aryl methyl sites for hydroxylation is 1. The van der Waals surface area contributed by atoms with Gasteiger partial charge in [0.25, 0.3) is 5.56 Å². The van der Waals surface area contributed by atoms with E-state index in [2.05, 4.69) is 4.90 Å². The number of amides is 1. The van der Waals surface area contributed by atoms with Gasteiger partial charge in [-0.25, -0.2) is 8.42 Å². The van der Waals surface area contributed by atoms with E-state index in [-0.39, 0.29) is 12.0 Å². The van der Waals surface area contributed by atoms with Crippen LogP contribution < -0.4 is 15.0 Å². The summed E-state index contributed by atoms with van der Waals surface area (Å²) in [6.07, 6.45) is 6.63. The minimum atomic E-state index is -3.56. The SMILES string of the molecule is CS(=O)(=O)NC(=O)CCCn1ccc(-c2ccc(OCCCN3CCCC3)cc2)cc1=O. The highest BCUT2D eigenvalue weighted by molar-refractivity contribution is 7.89. The number of likely N-dealkylation sites (tertiary alicyclic amines) is 1. The Morgan fingerprint density at radius 1 is 1.03 bits per heavy atom. The Balaban J connectivity index is 1.47. The predicted octanol–water partition coefficient (Wildman–Crippen LogP) is 2.24. The van der Waals surface area contributed by atoms with Gasteiger partial charge in [-0.1, -0.05) is 12.1 Å². The molecule has 9 heteroatoms. The zero-order chi connectivity index (χ0) is 23.0. The Kier molecular flexibility index (Phi) is 8.46. The van der Waals surface area contributed by atoms with Gasteiger partial charge in [0.15, 0.2) is 0 Å². The summed E-state index contributed by atoms with van der Waals surface area (Å²) >= 11 is 0. The molecule has 1 amide bonds. The molecule has 32 heavy (non-hydrogen) atoms. The molecule has 0 saturated carbocycles. The van der Waals surface area contributed by atoms with E-state index in [0.717, 1.165) is 36.1 Å². The fourth-order valence-corrected chi connectivity index (χ4v) is 4.28. The van der Waals surface area contributed by atoms with Gasteiger partial charge < -0.3 is 14.2 Å². The Morgan fingerprint density at radius 3 is 2.41 bits per heavy atom. The van der Waals surface area contributed by atoms with Crippen LogP contribution in [0.25, 0.3) is 11.1 Å². The average Bonchev–Trinajstić information content (AvgIpc) is 3.25. The molecule has 8 nitrogen and oxygen atoms in total. The lowest BCUT2D eigenvalue weighted by Crippen LogP contribution is -2.29. The van der Waals surface area contributed by atoms with Gasteiger partial charge in [-0.2, -0.15) is 0 Å². The smallest absolute Gasteiger partial charge is 0.251 e. The van der Waals surface area contributed by atoms with Crippen LogP contribution in [0.15, 0.2) is 47.4 Å². The Labute approximate surface area is 189 Å². The van der Waals surface area contributed by atoms with Crippen LogP contribution in [0, 0.1) is 0 Å². The summed E-state index contributed by atoms with van der Waals surface area (Å²) in [5, 5.41) is 0. The van der Waals surface area contributed by atoms with Crippen LogP contribution in [0.2, 0.25) is 0 Å². The number of pyridine rings is 1. The normalized spacial score (nSPS) is 14.4. The summed E-state index contributed by atoms with van der Waals surface area (Å²) in [6.45, 7) is 4.50. The summed E-state index contributed by atoms with van der Waals surface area (Å²) in [5.74, 6) is 0.242. The van der Waals surface area contributed by atoms with Crippen LogP contribution in [0.5, 0.6) is 5.75 Å². The van der Waals surface area contributed by atoms with Crippen molar-refractivity contribution in [3.63, 3.8) is 0 Å². The van der Waals surface area contributed by atoms with E-state index >= 15 is 0 Å². The van der Waals surface area contributed by atoms with Gasteiger partial charge in [0, 0.05) is 31.8 Å². The van der Waals surface area contributed by atoms with Crippen LogP contribution in [0.1, 0.15) is 32.1 Å². The maximum atomic E-state index is 12.4. The van der Waals surface area contributed by atoms with Crippen molar-refractivity contribution < 1.29 is 17.9 Å². The average molecular weight is 462 g/mol. The number of nitrogens with zero attached hydrogens (tertiary/aromatic N) is 2. The largest absolute Gasteiger partial charge is 0.494 e. The fourth-order valence-electron chi connectivity index (χ4n) is 3.77. The number of hydrogen-bond donors (Lipinski definition) is 1. The third kappa shape index (κ3) is 7.80. The van der Waals surface area contributed by atoms with E-state index in [1.54, 1.807) is 12.3 Å². The molecule has 1 aromatic heterocycles. The Bertz CT molecular complexity index is 1060. The first-order chi connectivity index (χ1) is 15.3. The predicted molar refractivity (Wildman–Crippen MR) is 124 cm³/mol. The minimum Gasteiger partial charge on any atom is -0.494 e. The second-order valence-electron chi connectivity index (χ2n) is 8.12. The van der Waals surface area contributed by atoms with Crippen LogP contribution in [-0.2, 0) is 21.4 Å². The molecule has 3 rings (SSSR count). The lowest BCUT2D eigenvalue weighted by molar-refractivity contribution is -0.119. The number of ether oxygens (including phenoxy) is 1. The van der Waals surface area contributed by atoms with E-state index in [9.17, 15) is 18.0 Å². The Hall–Kier alpha value is -2.65. The van der Waals surface area contributed by atoms with E-state index in [1.165, 1.54) is 30.5 Å². The molecular formula is C23H31N3O5S. The summed E-state index contributed by atoms with van der Waals surface area (Å²) < 4.78 is 31.3. The first kappa shape index (κ1) is 24.0. The number of nitrogens with one attached hydrogen (secondary N) is 1. The zero-order valence-electron chi connectivity index (χ0n) is 18.5. The van der Waals surface area contributed by atoms with E-state index in [0.29, 0.717) is 19.6 Å². The molecule has 1 N–H and O–H groups in total. The van der Waals surface area contributed by atoms with E-state index < -0.39 is 15.9 Å². The van der Waals surface area contributed by atoms with Gasteiger partial charge in [-0.3, -0.25) is 14.3 Å². The molecule has 2 heterocycles. The van der Waals surface area contributed by atoms with Gasteiger partial charge in [-0.15, -0.1) is 0 Å². The highest BCUT2D eigenvalue weighted by Crippen LogP contribution is 2.21. The Morgan fingerprint density at radius 2 is 1.75 bits per heavy atom. The molecule has 0 atom stereocenters. The number of hydrogen-bond acceptors (Lipinski definition) is 6. The molecule has 1 aliphatic rings. The number of aromatic nitrogens is 1. The first-order valence-corrected chi connectivity index (χ1v) is 12.9. The molecule has 0 aliphatic carbocycles. The molecule has 1 saturated heterocycles. The minimum absolute atomic E-state index is 0.0285. The van der Waals surface area contributed by atoms with Crippen molar-refractivity contribution in [3.8, 4) is 16.9 Å². The molecule has 1 fully saturated rings. The van der Waals surface area contributed by atoms with Gasteiger partial charge in [0.2, 0.25) is 15.9 Å². The highest BCUT2D eigenvalue weighted by atomic mass is 32.2. The molecule has 1 aromatic carbocycles. The van der Waals surface area contributed by atoms with Crippen LogP contribution in [0.3, 0.4) is 0 Å². The monoisotopic (exact) mass is 461 g/mol. The number of carbonyl (C=O) groups is 1. The first-order valence-electron chi connectivity index (χ1n) is 11.0. The molecule has 0 bridgehead atoms. The summed E-state index contributed by atoms with van der Waals surface area (Å²) in [4.78, 5) is 26.4. The van der Waals surface area contributed by atoms with Gasteiger partial charge >= 0.3 is 0 Å². The van der Waals surface area contributed by atoms with Crippen molar-refractivity contribution >= 4 is 15.9 Å². The molecular weight excluding hydrogens is 430 g/mol. The van der Waals surface area contributed by atoms with Crippen molar-refractivity contribution in [2.24, 2.45) is 0 Å². The van der Waals surface area contributed by atoms with Crippen molar-refractivity contribution in [3.05, 3.63) is 52.9 Å². The van der Waals surface area contributed by atoms with E-state index in [1.807, 2.05) is 35.1 Å². The number of carbonyl (C=O) groups excluding carboxylic acids is 1. The number of benzene rings is 1. The van der Waals surface area contributed by atoms with Crippen molar-refractivity contribution in [2.45, 2.75) is 38.6 Å². The quantitative estimate of drug-likeness (QED) is 0.516. The third-order valence-corrected chi connectivity index (χ3v) is 5.97. The molecule has 174 valence electrons. The lowest BCUT2D eigenvalue weighted by atomic mass is 10.1. The van der Waals surface area contributed by atoms with Crippen LogP contribution in [0.4, 0.5) is 0 Å². The summed E-state index contributed by atoms with van der Waals surface area (Å²) in [6, 6.07) is 11.1. The van der Waals surface area contributed by atoms with Gasteiger partial charge in [-0.05, 0) is 68.1 Å². The summed E-state index contributed by atoms with van der Waals surface area (Å²) in [5.41, 5.74) is 1.56.